The molecule has 0 saturated carbocycles. The van der Waals surface area contributed by atoms with E-state index in [9.17, 15) is 4.79 Å². The fourth-order valence-electron chi connectivity index (χ4n) is 2.29. The summed E-state index contributed by atoms with van der Waals surface area (Å²) in [5.41, 5.74) is 1.42. The molecule has 0 bridgehead atoms. The number of carbonyl (C=O) groups is 1. The summed E-state index contributed by atoms with van der Waals surface area (Å²) in [5.74, 6) is 0.0257. The second-order valence-electron chi connectivity index (χ2n) is 6.18. The smallest absolute Gasteiger partial charge is 0.335 e. The molecule has 1 heterocycles. The molecular formula is C16H22N2O3. The molecule has 0 spiro atoms. The molecule has 0 unspecified atom stereocenters. The molecule has 0 radical (unpaired) electrons. The van der Waals surface area contributed by atoms with Gasteiger partial charge in [-0.2, -0.15) is 4.98 Å². The molecule has 21 heavy (non-hydrogen) atoms. The quantitative estimate of drug-likeness (QED) is 0.879. The Morgan fingerprint density at radius 1 is 1.24 bits per heavy atom. The minimum Gasteiger partial charge on any atom is -0.478 e. The molecule has 1 aromatic heterocycles. The maximum absolute atomic E-state index is 11.0. The fraction of sp³-hybridized carbons (Fsp3) is 0.500. The van der Waals surface area contributed by atoms with E-state index in [0.717, 1.165) is 13.1 Å². The standard InChI is InChI=1S/C16H22N2O3/c1-10(2)8-18(9-11(3)4)16-17-13-6-5-12(15(19)20)7-14(13)21-16/h5-7,10-11H,8-9H2,1-4H3,(H,19,20). The summed E-state index contributed by atoms with van der Waals surface area (Å²) in [6.07, 6.45) is 0. The predicted octanol–water partition coefficient (Wildman–Crippen LogP) is 3.64. The summed E-state index contributed by atoms with van der Waals surface area (Å²) in [6, 6.07) is 5.33. The van der Waals surface area contributed by atoms with Gasteiger partial charge in [0, 0.05) is 13.1 Å². The minimum absolute atomic E-state index is 0.212. The number of hydrogen-bond acceptors (Lipinski definition) is 4. The maximum Gasteiger partial charge on any atom is 0.335 e. The zero-order chi connectivity index (χ0) is 15.6. The van der Waals surface area contributed by atoms with Crippen LogP contribution in [0.15, 0.2) is 22.6 Å². The zero-order valence-corrected chi connectivity index (χ0v) is 13.0. The molecule has 5 heteroatoms. The molecule has 1 N–H and O–H groups in total. The highest BCUT2D eigenvalue weighted by Gasteiger charge is 2.17. The number of benzene rings is 1. The molecule has 0 amide bonds. The van der Waals surface area contributed by atoms with E-state index in [1.165, 1.54) is 6.07 Å². The van der Waals surface area contributed by atoms with Gasteiger partial charge in [0.15, 0.2) is 5.58 Å². The number of carboxylic acids is 1. The highest BCUT2D eigenvalue weighted by molar-refractivity contribution is 5.92. The van der Waals surface area contributed by atoms with E-state index >= 15 is 0 Å². The average Bonchev–Trinajstić information content (AvgIpc) is 2.79. The van der Waals surface area contributed by atoms with Crippen LogP contribution in [-0.4, -0.2) is 29.1 Å². The van der Waals surface area contributed by atoms with Gasteiger partial charge in [-0.05, 0) is 30.0 Å². The van der Waals surface area contributed by atoms with Crippen LogP contribution >= 0.6 is 0 Å². The van der Waals surface area contributed by atoms with Crippen molar-refractivity contribution < 1.29 is 14.3 Å². The van der Waals surface area contributed by atoms with E-state index in [4.69, 9.17) is 9.52 Å². The van der Waals surface area contributed by atoms with Gasteiger partial charge in [-0.3, -0.25) is 0 Å². The molecule has 2 rings (SSSR count). The third-order valence-electron chi connectivity index (χ3n) is 3.07. The van der Waals surface area contributed by atoms with E-state index in [2.05, 4.69) is 37.6 Å². The lowest BCUT2D eigenvalue weighted by Gasteiger charge is -2.24. The molecule has 5 nitrogen and oxygen atoms in total. The van der Waals surface area contributed by atoms with Crippen molar-refractivity contribution >= 4 is 23.1 Å². The Hall–Kier alpha value is -2.04. The lowest BCUT2D eigenvalue weighted by atomic mass is 10.1. The second-order valence-corrected chi connectivity index (χ2v) is 6.18. The molecule has 0 saturated heterocycles. The van der Waals surface area contributed by atoms with Crippen LogP contribution in [0.1, 0.15) is 38.1 Å². The maximum atomic E-state index is 11.0. The molecule has 0 fully saturated rings. The van der Waals surface area contributed by atoms with Gasteiger partial charge in [-0.15, -0.1) is 0 Å². The number of anilines is 1. The number of aromatic nitrogens is 1. The topological polar surface area (TPSA) is 66.6 Å². The van der Waals surface area contributed by atoms with Crippen molar-refractivity contribution in [1.82, 2.24) is 4.98 Å². The van der Waals surface area contributed by atoms with E-state index in [1.54, 1.807) is 12.1 Å². The number of oxazole rings is 1. The Bertz CT molecular complexity index is 621. The Kier molecular flexibility index (Phi) is 4.50. The van der Waals surface area contributed by atoms with E-state index in [0.29, 0.717) is 29.0 Å². The minimum atomic E-state index is -0.962. The van der Waals surface area contributed by atoms with Crippen molar-refractivity contribution in [3.8, 4) is 0 Å². The third-order valence-corrected chi connectivity index (χ3v) is 3.07. The number of nitrogens with zero attached hydrogens (tertiary/aromatic N) is 2. The first kappa shape index (κ1) is 15.4. The Balaban J connectivity index is 2.36. The molecule has 0 aliphatic heterocycles. The van der Waals surface area contributed by atoms with Crippen molar-refractivity contribution in [2.75, 3.05) is 18.0 Å². The van der Waals surface area contributed by atoms with Gasteiger partial charge in [-0.1, -0.05) is 27.7 Å². The van der Waals surface area contributed by atoms with Crippen molar-refractivity contribution in [3.05, 3.63) is 23.8 Å². The third kappa shape index (κ3) is 3.74. The number of rotatable bonds is 6. The van der Waals surface area contributed by atoms with E-state index in [1.807, 2.05) is 0 Å². The lowest BCUT2D eigenvalue weighted by molar-refractivity contribution is 0.0697. The Morgan fingerprint density at radius 2 is 1.86 bits per heavy atom. The largest absolute Gasteiger partial charge is 0.478 e. The fourth-order valence-corrected chi connectivity index (χ4v) is 2.29. The molecule has 0 aliphatic rings. The predicted molar refractivity (Wildman–Crippen MR) is 82.9 cm³/mol. The molecular weight excluding hydrogens is 268 g/mol. The first-order chi connectivity index (χ1) is 9.86. The van der Waals surface area contributed by atoms with Gasteiger partial charge >= 0.3 is 5.97 Å². The molecule has 0 aliphatic carbocycles. The summed E-state index contributed by atoms with van der Waals surface area (Å²) in [7, 11) is 0. The van der Waals surface area contributed by atoms with Crippen LogP contribution in [-0.2, 0) is 0 Å². The second kappa shape index (κ2) is 6.16. The first-order valence-corrected chi connectivity index (χ1v) is 7.25. The van der Waals surface area contributed by atoms with Gasteiger partial charge < -0.3 is 14.4 Å². The van der Waals surface area contributed by atoms with Gasteiger partial charge in [0.25, 0.3) is 6.01 Å². The van der Waals surface area contributed by atoms with Crippen molar-refractivity contribution in [3.63, 3.8) is 0 Å². The highest BCUT2D eigenvalue weighted by atomic mass is 16.4. The lowest BCUT2D eigenvalue weighted by Crippen LogP contribution is -2.31. The zero-order valence-electron chi connectivity index (χ0n) is 13.0. The van der Waals surface area contributed by atoms with Crippen molar-refractivity contribution in [1.29, 1.82) is 0 Å². The monoisotopic (exact) mass is 290 g/mol. The average molecular weight is 290 g/mol. The Morgan fingerprint density at radius 3 is 2.38 bits per heavy atom. The number of carboxylic acid groups (broad SMARTS) is 1. The van der Waals surface area contributed by atoms with Crippen molar-refractivity contribution in [2.45, 2.75) is 27.7 Å². The van der Waals surface area contributed by atoms with Crippen LogP contribution in [0, 0.1) is 11.8 Å². The van der Waals surface area contributed by atoms with Gasteiger partial charge in [0.1, 0.15) is 5.52 Å². The SMILES string of the molecule is CC(C)CN(CC(C)C)c1nc2ccc(C(=O)O)cc2o1. The summed E-state index contributed by atoms with van der Waals surface area (Å²) in [5, 5.41) is 9.03. The summed E-state index contributed by atoms with van der Waals surface area (Å²) in [4.78, 5) is 17.6. The van der Waals surface area contributed by atoms with Crippen LogP contribution in [0.2, 0.25) is 0 Å². The molecule has 2 aromatic rings. The van der Waals surface area contributed by atoms with Gasteiger partial charge in [-0.25, -0.2) is 4.79 Å². The van der Waals surface area contributed by atoms with Crippen molar-refractivity contribution in [2.24, 2.45) is 11.8 Å². The molecule has 1 aromatic carbocycles. The normalized spacial score (nSPS) is 11.5. The van der Waals surface area contributed by atoms with E-state index in [-0.39, 0.29) is 5.56 Å². The summed E-state index contributed by atoms with van der Waals surface area (Å²) < 4.78 is 5.77. The van der Waals surface area contributed by atoms with Crippen LogP contribution in [0.25, 0.3) is 11.1 Å². The summed E-state index contributed by atoms with van der Waals surface area (Å²) in [6.45, 7) is 10.3. The van der Waals surface area contributed by atoms with Gasteiger partial charge in [0.2, 0.25) is 0 Å². The summed E-state index contributed by atoms with van der Waals surface area (Å²) >= 11 is 0. The number of aromatic carboxylic acids is 1. The molecule has 114 valence electrons. The number of fused-ring (bicyclic) bond motifs is 1. The van der Waals surface area contributed by atoms with Gasteiger partial charge in [0.05, 0.1) is 5.56 Å². The molecule has 0 atom stereocenters. The van der Waals surface area contributed by atoms with Crippen LogP contribution < -0.4 is 4.90 Å². The van der Waals surface area contributed by atoms with Crippen LogP contribution in [0.4, 0.5) is 6.01 Å². The highest BCUT2D eigenvalue weighted by Crippen LogP contribution is 2.24. The first-order valence-electron chi connectivity index (χ1n) is 7.25. The van der Waals surface area contributed by atoms with Crippen LogP contribution in [0.5, 0.6) is 0 Å². The Labute approximate surface area is 124 Å². The van der Waals surface area contributed by atoms with Crippen LogP contribution in [0.3, 0.4) is 0 Å². The van der Waals surface area contributed by atoms with E-state index < -0.39 is 5.97 Å². The number of hydrogen-bond donors (Lipinski definition) is 1.